The first-order valence-electron chi connectivity index (χ1n) is 6.65. The molecular weight excluding hydrogens is 538 g/mol. The van der Waals surface area contributed by atoms with E-state index < -0.39 is 5.91 Å². The molecule has 0 aliphatic carbocycles. The standard InChI is InChI=1S/C15H12I2N4O3/c16-11-5-10(14(23)12(17)6-11)7-20-21-13(22)8-19-15(24)9-1-3-18-4-2-9/h1-7,23H,8H2,(H,19,24)(H,21,22)/b20-7-. The molecule has 2 aromatic rings. The third-order valence-corrected chi connectivity index (χ3v) is 4.25. The molecule has 0 saturated carbocycles. The van der Waals surface area contributed by atoms with E-state index in [1.165, 1.54) is 18.6 Å². The van der Waals surface area contributed by atoms with Crippen LogP contribution in [-0.4, -0.2) is 34.7 Å². The number of pyridine rings is 1. The Kier molecular flexibility index (Phi) is 6.90. The van der Waals surface area contributed by atoms with Gasteiger partial charge in [-0.05, 0) is 69.4 Å². The lowest BCUT2D eigenvalue weighted by atomic mass is 10.2. The molecule has 0 radical (unpaired) electrons. The maximum Gasteiger partial charge on any atom is 0.259 e. The van der Waals surface area contributed by atoms with Crippen LogP contribution in [0.15, 0.2) is 41.8 Å². The average Bonchev–Trinajstić information content (AvgIpc) is 2.57. The van der Waals surface area contributed by atoms with Crippen LogP contribution < -0.4 is 10.7 Å². The second-order valence-electron chi connectivity index (χ2n) is 4.54. The summed E-state index contributed by atoms with van der Waals surface area (Å²) < 4.78 is 1.63. The van der Waals surface area contributed by atoms with E-state index in [1.807, 2.05) is 28.7 Å². The molecule has 9 heteroatoms. The van der Waals surface area contributed by atoms with Gasteiger partial charge in [0.15, 0.2) is 0 Å². The van der Waals surface area contributed by atoms with Gasteiger partial charge in [-0.1, -0.05) is 0 Å². The summed E-state index contributed by atoms with van der Waals surface area (Å²) >= 11 is 4.13. The van der Waals surface area contributed by atoms with E-state index in [0.717, 1.165) is 3.57 Å². The predicted octanol–water partition coefficient (Wildman–Crippen LogP) is 1.88. The number of amides is 2. The van der Waals surface area contributed by atoms with Crippen molar-refractivity contribution in [2.24, 2.45) is 5.10 Å². The Hall–Kier alpha value is -1.76. The molecule has 24 heavy (non-hydrogen) atoms. The van der Waals surface area contributed by atoms with E-state index in [9.17, 15) is 14.7 Å². The topological polar surface area (TPSA) is 104 Å². The number of halogens is 2. The number of nitrogens with one attached hydrogen (secondary N) is 2. The number of aromatic nitrogens is 1. The molecule has 0 bridgehead atoms. The third-order valence-electron chi connectivity index (χ3n) is 2.80. The highest BCUT2D eigenvalue weighted by molar-refractivity contribution is 14.1. The van der Waals surface area contributed by atoms with Crippen molar-refractivity contribution in [3.8, 4) is 5.75 Å². The van der Waals surface area contributed by atoms with Crippen molar-refractivity contribution < 1.29 is 14.7 Å². The van der Waals surface area contributed by atoms with Gasteiger partial charge in [0.1, 0.15) is 5.75 Å². The van der Waals surface area contributed by atoms with E-state index in [2.05, 4.69) is 43.4 Å². The summed E-state index contributed by atoms with van der Waals surface area (Å²) in [5.74, 6) is -0.755. The number of aromatic hydroxyl groups is 1. The molecule has 7 nitrogen and oxygen atoms in total. The summed E-state index contributed by atoms with van der Waals surface area (Å²) in [4.78, 5) is 27.3. The van der Waals surface area contributed by atoms with Crippen molar-refractivity contribution in [3.05, 3.63) is 54.9 Å². The largest absolute Gasteiger partial charge is 0.506 e. The number of benzene rings is 1. The summed E-state index contributed by atoms with van der Waals surface area (Å²) in [7, 11) is 0. The number of carbonyl (C=O) groups is 2. The first-order valence-corrected chi connectivity index (χ1v) is 8.81. The maximum absolute atomic E-state index is 11.8. The molecule has 1 aromatic heterocycles. The Morgan fingerprint density at radius 1 is 1.25 bits per heavy atom. The fraction of sp³-hybridized carbons (Fsp3) is 0.0667. The molecule has 1 aromatic carbocycles. The molecule has 0 saturated heterocycles. The number of carbonyl (C=O) groups excluding carboxylic acids is 2. The number of hydrazone groups is 1. The molecule has 0 unspecified atom stereocenters. The summed E-state index contributed by atoms with van der Waals surface area (Å²) in [6.45, 7) is -0.214. The monoisotopic (exact) mass is 550 g/mol. The minimum atomic E-state index is -0.478. The molecule has 124 valence electrons. The quantitative estimate of drug-likeness (QED) is 0.301. The molecule has 1 heterocycles. The fourth-order valence-corrected chi connectivity index (χ4v) is 3.55. The van der Waals surface area contributed by atoms with Crippen molar-refractivity contribution in [2.75, 3.05) is 6.54 Å². The Balaban J connectivity index is 1.86. The molecule has 0 aliphatic rings. The third kappa shape index (κ3) is 5.40. The number of hydrogen-bond donors (Lipinski definition) is 3. The van der Waals surface area contributed by atoms with Gasteiger partial charge in [-0.2, -0.15) is 5.10 Å². The van der Waals surface area contributed by atoms with Crippen LogP contribution in [0.5, 0.6) is 5.75 Å². The van der Waals surface area contributed by atoms with Crippen LogP contribution in [0, 0.1) is 7.14 Å². The first kappa shape index (κ1) is 18.6. The Morgan fingerprint density at radius 3 is 2.67 bits per heavy atom. The summed E-state index contributed by atoms with van der Waals surface area (Å²) in [6, 6.07) is 6.65. The zero-order valence-corrected chi connectivity index (χ0v) is 16.5. The zero-order chi connectivity index (χ0) is 17.5. The fourth-order valence-electron chi connectivity index (χ4n) is 1.66. The van der Waals surface area contributed by atoms with Crippen LogP contribution in [0.3, 0.4) is 0 Å². The van der Waals surface area contributed by atoms with Crippen LogP contribution in [0.2, 0.25) is 0 Å². The number of nitrogens with zero attached hydrogens (tertiary/aromatic N) is 2. The lowest BCUT2D eigenvalue weighted by Crippen LogP contribution is -2.34. The van der Waals surface area contributed by atoms with Crippen molar-refractivity contribution in [2.45, 2.75) is 0 Å². The first-order chi connectivity index (χ1) is 11.5. The molecule has 2 amide bonds. The number of rotatable bonds is 5. The number of phenols is 1. The van der Waals surface area contributed by atoms with Crippen LogP contribution in [0.25, 0.3) is 0 Å². The van der Waals surface area contributed by atoms with Gasteiger partial charge in [0.2, 0.25) is 0 Å². The molecule has 0 spiro atoms. The molecule has 0 fully saturated rings. The van der Waals surface area contributed by atoms with Crippen molar-refractivity contribution in [3.63, 3.8) is 0 Å². The van der Waals surface area contributed by atoms with Gasteiger partial charge in [0.25, 0.3) is 11.8 Å². The Morgan fingerprint density at radius 2 is 1.96 bits per heavy atom. The minimum absolute atomic E-state index is 0.0972. The van der Waals surface area contributed by atoms with E-state index in [0.29, 0.717) is 14.7 Å². The Bertz CT molecular complexity index is 782. The highest BCUT2D eigenvalue weighted by Gasteiger charge is 2.08. The second kappa shape index (κ2) is 8.92. The summed E-state index contributed by atoms with van der Waals surface area (Å²) in [5, 5.41) is 16.2. The van der Waals surface area contributed by atoms with Crippen LogP contribution in [-0.2, 0) is 4.79 Å². The van der Waals surface area contributed by atoms with Gasteiger partial charge < -0.3 is 10.4 Å². The molecule has 3 N–H and O–H groups in total. The van der Waals surface area contributed by atoms with E-state index in [4.69, 9.17) is 0 Å². The zero-order valence-electron chi connectivity index (χ0n) is 12.2. The van der Waals surface area contributed by atoms with Crippen molar-refractivity contribution in [1.29, 1.82) is 0 Å². The van der Waals surface area contributed by atoms with E-state index in [-0.39, 0.29) is 18.2 Å². The lowest BCUT2D eigenvalue weighted by Gasteiger charge is -2.05. The van der Waals surface area contributed by atoms with Crippen molar-refractivity contribution in [1.82, 2.24) is 15.7 Å². The SMILES string of the molecule is O=C(CNC(=O)c1ccncc1)N/N=C\c1cc(I)cc(I)c1O. The molecule has 2 rings (SSSR count). The number of phenolic OH excluding ortho intramolecular Hbond substituents is 1. The van der Waals surface area contributed by atoms with Gasteiger partial charge >= 0.3 is 0 Å². The highest BCUT2D eigenvalue weighted by Crippen LogP contribution is 2.25. The van der Waals surface area contributed by atoms with Crippen LogP contribution in [0.1, 0.15) is 15.9 Å². The van der Waals surface area contributed by atoms with E-state index >= 15 is 0 Å². The molecule has 0 atom stereocenters. The smallest absolute Gasteiger partial charge is 0.259 e. The lowest BCUT2D eigenvalue weighted by molar-refractivity contribution is -0.120. The average molecular weight is 550 g/mol. The summed E-state index contributed by atoms with van der Waals surface area (Å²) in [5.41, 5.74) is 3.20. The second-order valence-corrected chi connectivity index (χ2v) is 6.95. The van der Waals surface area contributed by atoms with Gasteiger partial charge in [-0.15, -0.1) is 0 Å². The van der Waals surface area contributed by atoms with Gasteiger partial charge in [-0.3, -0.25) is 14.6 Å². The highest BCUT2D eigenvalue weighted by atomic mass is 127. The predicted molar refractivity (Wildman–Crippen MR) is 106 cm³/mol. The molecule has 0 aliphatic heterocycles. The Labute approximate surface area is 165 Å². The van der Waals surface area contributed by atoms with E-state index in [1.54, 1.807) is 18.2 Å². The minimum Gasteiger partial charge on any atom is -0.506 e. The normalized spacial score (nSPS) is 10.6. The van der Waals surface area contributed by atoms with Crippen LogP contribution >= 0.6 is 45.2 Å². The summed E-state index contributed by atoms with van der Waals surface area (Å²) in [6.07, 6.45) is 4.34. The van der Waals surface area contributed by atoms with Gasteiger partial charge in [0, 0.05) is 27.1 Å². The van der Waals surface area contributed by atoms with Crippen molar-refractivity contribution >= 4 is 63.2 Å². The van der Waals surface area contributed by atoms with Gasteiger partial charge in [-0.25, -0.2) is 5.43 Å². The maximum atomic E-state index is 11.8. The number of hydrogen-bond acceptors (Lipinski definition) is 5. The molecular formula is C15H12I2N4O3. The van der Waals surface area contributed by atoms with Gasteiger partial charge in [0.05, 0.1) is 16.3 Å². The van der Waals surface area contributed by atoms with Crippen LogP contribution in [0.4, 0.5) is 0 Å².